The first-order chi connectivity index (χ1) is 13.2. The van der Waals surface area contributed by atoms with Crippen LogP contribution in [0.5, 0.6) is 0 Å². The molecule has 2 atom stereocenters. The van der Waals surface area contributed by atoms with Gasteiger partial charge in [0.25, 0.3) is 11.8 Å². The van der Waals surface area contributed by atoms with Crippen LogP contribution in [-0.2, 0) is 4.74 Å². The Morgan fingerprint density at radius 1 is 1.25 bits per heavy atom. The third kappa shape index (κ3) is 4.41. The lowest BCUT2D eigenvalue weighted by Gasteiger charge is -2.28. The summed E-state index contributed by atoms with van der Waals surface area (Å²) in [6.45, 7) is 5.49. The van der Waals surface area contributed by atoms with Crippen molar-refractivity contribution in [3.8, 4) is 0 Å². The fourth-order valence-corrected chi connectivity index (χ4v) is 3.69. The maximum Gasteiger partial charge on any atom is 0.291 e. The number of hydrogen-bond acceptors (Lipinski definition) is 6. The van der Waals surface area contributed by atoms with Crippen LogP contribution in [0.4, 0.5) is 14.6 Å². The number of carbonyl (C=O) groups is 1. The largest absolute Gasteiger partial charge is 0.381 e. The number of alkyl halides is 2. The summed E-state index contributed by atoms with van der Waals surface area (Å²) in [4.78, 5) is 24.6. The fraction of sp³-hybridized carbons (Fsp3) is 0.737. The first-order valence-corrected chi connectivity index (χ1v) is 9.72. The summed E-state index contributed by atoms with van der Waals surface area (Å²) in [5.41, 5.74) is 1.66. The van der Waals surface area contributed by atoms with Crippen LogP contribution in [0.2, 0.25) is 0 Å². The van der Waals surface area contributed by atoms with Crippen molar-refractivity contribution in [1.82, 2.24) is 20.2 Å². The van der Waals surface area contributed by atoms with Gasteiger partial charge in [0, 0.05) is 57.5 Å². The Bertz CT molecular complexity index is 729. The molecule has 0 radical (unpaired) electrons. The predicted octanol–water partition coefficient (Wildman–Crippen LogP) is 1.78. The molecule has 0 bridgehead atoms. The van der Waals surface area contributed by atoms with E-state index in [0.29, 0.717) is 31.9 Å². The van der Waals surface area contributed by atoms with Gasteiger partial charge in [-0.15, -0.1) is 0 Å². The van der Waals surface area contributed by atoms with Crippen LogP contribution in [-0.4, -0.2) is 79.2 Å². The maximum absolute atomic E-state index is 14.3. The standard InChI is InChI=1S/C19H29F2N5O2/c1-12-13(2)22-16(18(27)25(3)4)24-17(12)26-8-5-14(11-26)23-15-6-9-28-10-7-19(15,20)21/h14-15,23H,5-11H2,1-4H3/t14-,15?/m1/s1. The summed E-state index contributed by atoms with van der Waals surface area (Å²) in [5, 5.41) is 3.15. The minimum atomic E-state index is -2.77. The molecule has 2 aliphatic heterocycles. The van der Waals surface area contributed by atoms with Crippen LogP contribution < -0.4 is 10.2 Å². The molecule has 0 saturated carbocycles. The second-order valence-electron chi connectivity index (χ2n) is 7.84. The van der Waals surface area contributed by atoms with Crippen molar-refractivity contribution in [1.29, 1.82) is 0 Å². The molecular weight excluding hydrogens is 368 g/mol. The van der Waals surface area contributed by atoms with Gasteiger partial charge in [0.05, 0.1) is 12.6 Å². The Balaban J connectivity index is 1.74. The Hall–Kier alpha value is -1.87. The topological polar surface area (TPSA) is 70.6 Å². The van der Waals surface area contributed by atoms with E-state index in [1.54, 1.807) is 14.1 Å². The first kappa shape index (κ1) is 20.9. The minimum absolute atomic E-state index is 0.0587. The van der Waals surface area contributed by atoms with E-state index in [2.05, 4.69) is 20.2 Å². The van der Waals surface area contributed by atoms with E-state index in [1.807, 2.05) is 13.8 Å². The summed E-state index contributed by atoms with van der Waals surface area (Å²) in [5.74, 6) is -2.15. The fourth-order valence-electron chi connectivity index (χ4n) is 3.69. The Morgan fingerprint density at radius 3 is 2.71 bits per heavy atom. The van der Waals surface area contributed by atoms with Gasteiger partial charge in [-0.25, -0.2) is 18.7 Å². The molecule has 3 heterocycles. The number of aryl methyl sites for hydroxylation is 1. The zero-order chi connectivity index (χ0) is 20.5. The number of nitrogens with zero attached hydrogens (tertiary/aromatic N) is 4. The van der Waals surface area contributed by atoms with Gasteiger partial charge in [-0.3, -0.25) is 4.79 Å². The average molecular weight is 397 g/mol. The van der Waals surface area contributed by atoms with Gasteiger partial charge >= 0.3 is 0 Å². The number of anilines is 1. The summed E-state index contributed by atoms with van der Waals surface area (Å²) in [6, 6.07) is -0.935. The number of rotatable bonds is 4. The predicted molar refractivity (Wildman–Crippen MR) is 102 cm³/mol. The van der Waals surface area contributed by atoms with E-state index in [1.165, 1.54) is 4.90 Å². The second-order valence-corrected chi connectivity index (χ2v) is 7.84. The van der Waals surface area contributed by atoms with E-state index in [-0.39, 0.29) is 30.8 Å². The SMILES string of the molecule is Cc1nc(C(=O)N(C)C)nc(N2CC[C@@H](NC3CCOCCC3(F)F)C2)c1C. The summed E-state index contributed by atoms with van der Waals surface area (Å²) in [7, 11) is 3.32. The maximum atomic E-state index is 14.3. The summed E-state index contributed by atoms with van der Waals surface area (Å²) >= 11 is 0. The van der Waals surface area contributed by atoms with E-state index >= 15 is 0 Å². The quantitative estimate of drug-likeness (QED) is 0.835. The van der Waals surface area contributed by atoms with Crippen molar-refractivity contribution < 1.29 is 18.3 Å². The van der Waals surface area contributed by atoms with Crippen molar-refractivity contribution >= 4 is 11.7 Å². The van der Waals surface area contributed by atoms with Crippen molar-refractivity contribution in [2.75, 3.05) is 45.3 Å². The minimum Gasteiger partial charge on any atom is -0.381 e. The third-order valence-corrected chi connectivity index (χ3v) is 5.53. The van der Waals surface area contributed by atoms with Crippen LogP contribution in [0.1, 0.15) is 41.1 Å². The lowest BCUT2D eigenvalue weighted by Crippen LogP contribution is -2.50. The zero-order valence-corrected chi connectivity index (χ0v) is 17.0. The monoisotopic (exact) mass is 397 g/mol. The average Bonchev–Trinajstić information content (AvgIpc) is 3.03. The van der Waals surface area contributed by atoms with Gasteiger partial charge in [0.1, 0.15) is 5.82 Å². The van der Waals surface area contributed by atoms with Crippen LogP contribution in [0, 0.1) is 13.8 Å². The van der Waals surface area contributed by atoms with E-state index in [0.717, 1.165) is 17.7 Å². The number of amides is 1. The van der Waals surface area contributed by atoms with Gasteiger partial charge < -0.3 is 19.9 Å². The van der Waals surface area contributed by atoms with Crippen LogP contribution in [0.3, 0.4) is 0 Å². The molecule has 156 valence electrons. The number of nitrogens with one attached hydrogen (secondary N) is 1. The van der Waals surface area contributed by atoms with Crippen LogP contribution in [0.15, 0.2) is 0 Å². The van der Waals surface area contributed by atoms with Gasteiger partial charge in [0.2, 0.25) is 5.82 Å². The number of hydrogen-bond donors (Lipinski definition) is 1. The molecule has 1 aromatic rings. The second kappa shape index (κ2) is 8.24. The molecule has 1 amide bonds. The lowest BCUT2D eigenvalue weighted by molar-refractivity contribution is -0.0463. The molecule has 0 aliphatic carbocycles. The molecule has 1 unspecified atom stereocenters. The highest BCUT2D eigenvalue weighted by Gasteiger charge is 2.42. The number of carbonyl (C=O) groups excluding carboxylic acids is 1. The van der Waals surface area contributed by atoms with Gasteiger partial charge in [-0.2, -0.15) is 0 Å². The highest BCUT2D eigenvalue weighted by molar-refractivity contribution is 5.90. The molecule has 3 rings (SSSR count). The molecule has 0 aromatic carbocycles. The van der Waals surface area contributed by atoms with Crippen LogP contribution >= 0.6 is 0 Å². The normalized spacial score (nSPS) is 24.9. The summed E-state index contributed by atoms with van der Waals surface area (Å²) in [6.07, 6.45) is 0.796. The molecule has 28 heavy (non-hydrogen) atoms. The number of aromatic nitrogens is 2. The number of ether oxygens (including phenoxy) is 1. The van der Waals surface area contributed by atoms with E-state index in [9.17, 15) is 13.6 Å². The molecule has 7 nitrogen and oxygen atoms in total. The van der Waals surface area contributed by atoms with Crippen molar-refractivity contribution in [3.05, 3.63) is 17.1 Å². The first-order valence-electron chi connectivity index (χ1n) is 9.72. The van der Waals surface area contributed by atoms with Crippen molar-refractivity contribution in [3.63, 3.8) is 0 Å². The Labute approximate surface area is 164 Å². The van der Waals surface area contributed by atoms with Crippen molar-refractivity contribution in [2.45, 2.75) is 51.1 Å². The third-order valence-electron chi connectivity index (χ3n) is 5.53. The van der Waals surface area contributed by atoms with E-state index < -0.39 is 12.0 Å². The molecule has 1 N–H and O–H groups in total. The van der Waals surface area contributed by atoms with Gasteiger partial charge in [-0.05, 0) is 26.7 Å². The van der Waals surface area contributed by atoms with E-state index in [4.69, 9.17) is 4.74 Å². The number of halogens is 2. The highest BCUT2D eigenvalue weighted by Crippen LogP contribution is 2.30. The molecule has 1 aromatic heterocycles. The molecule has 2 fully saturated rings. The van der Waals surface area contributed by atoms with Gasteiger partial charge in [0.15, 0.2) is 0 Å². The molecule has 2 saturated heterocycles. The molecule has 9 heteroatoms. The van der Waals surface area contributed by atoms with Crippen LogP contribution in [0.25, 0.3) is 0 Å². The molecular formula is C19H29F2N5O2. The van der Waals surface area contributed by atoms with Crippen molar-refractivity contribution in [2.24, 2.45) is 0 Å². The smallest absolute Gasteiger partial charge is 0.291 e. The zero-order valence-electron chi connectivity index (χ0n) is 17.0. The summed E-state index contributed by atoms with van der Waals surface area (Å²) < 4.78 is 33.9. The lowest BCUT2D eigenvalue weighted by atomic mass is 10.0. The Morgan fingerprint density at radius 2 is 2.00 bits per heavy atom. The Kier molecular flexibility index (Phi) is 6.14. The molecule has 0 spiro atoms. The molecule has 2 aliphatic rings. The highest BCUT2D eigenvalue weighted by atomic mass is 19.3. The van der Waals surface area contributed by atoms with Gasteiger partial charge in [-0.1, -0.05) is 0 Å².